The number of carbonyl (C=O) groups excluding carboxylic acids is 1. The van der Waals surface area contributed by atoms with Gasteiger partial charge in [-0.25, -0.2) is 9.18 Å². The van der Waals surface area contributed by atoms with E-state index in [-0.39, 0.29) is 10.6 Å². The quantitative estimate of drug-likeness (QED) is 0.484. The van der Waals surface area contributed by atoms with Crippen molar-refractivity contribution in [1.29, 1.82) is 0 Å². The first kappa shape index (κ1) is 23.4. The molecule has 166 valence electrons. The van der Waals surface area contributed by atoms with E-state index >= 15 is 4.39 Å². The molecule has 2 aromatic carbocycles. The standard InChI is InChI=1S/C25H30ClFN2O2/c1-5-6-9-14-28-16-18-12-13-19(26)21(22(18)27)25(23(30)31-24(2,3)4)15-17-10-7-8-11-20(17)29-25/h7-8,10-13,15,28H,5-6,9,14,16H2,1-4H3. The van der Waals surface area contributed by atoms with Crippen LogP contribution in [0.15, 0.2) is 41.4 Å². The fourth-order valence-electron chi connectivity index (χ4n) is 3.65. The highest BCUT2D eigenvalue weighted by Crippen LogP contribution is 2.39. The van der Waals surface area contributed by atoms with E-state index in [0.717, 1.165) is 31.0 Å². The van der Waals surface area contributed by atoms with E-state index in [1.54, 1.807) is 45.0 Å². The van der Waals surface area contributed by atoms with E-state index in [2.05, 4.69) is 17.2 Å². The first-order valence-corrected chi connectivity index (χ1v) is 11.1. The van der Waals surface area contributed by atoms with E-state index < -0.39 is 22.9 Å². The molecule has 0 aliphatic carbocycles. The molecule has 1 atom stereocenters. The summed E-state index contributed by atoms with van der Waals surface area (Å²) in [6.07, 6.45) is 4.92. The molecule has 0 aromatic heterocycles. The van der Waals surface area contributed by atoms with Gasteiger partial charge in [0, 0.05) is 17.7 Å². The molecule has 3 rings (SSSR count). The third-order valence-corrected chi connectivity index (χ3v) is 5.45. The van der Waals surface area contributed by atoms with Crippen molar-refractivity contribution in [1.82, 2.24) is 5.32 Å². The number of carbonyl (C=O) groups is 1. The van der Waals surface area contributed by atoms with Gasteiger partial charge in [0.1, 0.15) is 11.4 Å². The average molecular weight is 445 g/mol. The number of benzene rings is 2. The van der Waals surface area contributed by atoms with Gasteiger partial charge in [0.15, 0.2) is 0 Å². The minimum Gasteiger partial charge on any atom is -0.458 e. The van der Waals surface area contributed by atoms with Crippen LogP contribution in [0, 0.1) is 5.82 Å². The van der Waals surface area contributed by atoms with Gasteiger partial charge in [-0.1, -0.05) is 55.6 Å². The van der Waals surface area contributed by atoms with Crippen LogP contribution < -0.4 is 15.9 Å². The number of unbranched alkanes of at least 4 members (excludes halogenated alkanes) is 2. The number of rotatable bonds is 8. The van der Waals surface area contributed by atoms with Crippen LogP contribution in [0.2, 0.25) is 5.02 Å². The zero-order valence-corrected chi connectivity index (χ0v) is 19.4. The maximum Gasteiger partial charge on any atom is 0.343 e. The second-order valence-electron chi connectivity index (χ2n) is 8.86. The van der Waals surface area contributed by atoms with Crippen molar-refractivity contribution >= 4 is 23.6 Å². The Bertz CT molecular complexity index is 1040. The summed E-state index contributed by atoms with van der Waals surface area (Å²) in [5.41, 5.74) is -1.95. The summed E-state index contributed by atoms with van der Waals surface area (Å²) < 4.78 is 21.5. The molecule has 31 heavy (non-hydrogen) atoms. The Hall–Kier alpha value is -2.24. The maximum atomic E-state index is 15.8. The Labute approximate surface area is 188 Å². The second kappa shape index (κ2) is 9.49. The van der Waals surface area contributed by atoms with Gasteiger partial charge >= 0.3 is 5.97 Å². The first-order valence-electron chi connectivity index (χ1n) is 10.8. The summed E-state index contributed by atoms with van der Waals surface area (Å²) in [4.78, 5) is 18.1. The highest BCUT2D eigenvalue weighted by molar-refractivity contribution is 6.32. The molecule has 1 aliphatic heterocycles. The fourth-order valence-corrected chi connectivity index (χ4v) is 3.94. The number of hydrogen-bond donors (Lipinski definition) is 1. The number of halogens is 2. The van der Waals surface area contributed by atoms with Gasteiger partial charge in [-0.15, -0.1) is 0 Å². The van der Waals surface area contributed by atoms with Gasteiger partial charge in [0.2, 0.25) is 5.54 Å². The third kappa shape index (κ3) is 5.16. The lowest BCUT2D eigenvalue weighted by atomic mass is 9.88. The van der Waals surface area contributed by atoms with Crippen LogP contribution in [0.5, 0.6) is 0 Å². The van der Waals surface area contributed by atoms with Crippen LogP contribution in [-0.4, -0.2) is 18.1 Å². The van der Waals surface area contributed by atoms with E-state index in [4.69, 9.17) is 16.3 Å². The van der Waals surface area contributed by atoms with Gasteiger partial charge in [-0.3, -0.25) is 4.99 Å². The second-order valence-corrected chi connectivity index (χ2v) is 9.27. The molecule has 1 unspecified atom stereocenters. The molecule has 1 aliphatic rings. The predicted octanol–water partition coefficient (Wildman–Crippen LogP) is 4.41. The molecule has 6 heteroatoms. The van der Waals surface area contributed by atoms with E-state index in [1.807, 2.05) is 18.2 Å². The Kier molecular flexibility index (Phi) is 7.17. The number of ether oxygens (including phenoxy) is 1. The van der Waals surface area contributed by atoms with Gasteiger partial charge in [0.25, 0.3) is 0 Å². The molecule has 0 radical (unpaired) electrons. The molecular weight excluding hydrogens is 415 g/mol. The largest absolute Gasteiger partial charge is 0.458 e. The number of nitrogens with zero attached hydrogens (tertiary/aromatic N) is 1. The molecule has 0 saturated heterocycles. The van der Waals surface area contributed by atoms with Crippen molar-refractivity contribution in [3.8, 4) is 0 Å². The lowest BCUT2D eigenvalue weighted by Crippen LogP contribution is -2.39. The van der Waals surface area contributed by atoms with Crippen molar-refractivity contribution in [3.05, 3.63) is 68.9 Å². The summed E-state index contributed by atoms with van der Waals surface area (Å²) >= 11 is 6.48. The minimum absolute atomic E-state index is 0.0347. The van der Waals surface area contributed by atoms with Gasteiger partial charge < -0.3 is 10.1 Å². The number of para-hydroxylation sites is 1. The lowest BCUT2D eigenvalue weighted by Gasteiger charge is -2.29. The van der Waals surface area contributed by atoms with Crippen molar-refractivity contribution in [2.24, 2.45) is 4.99 Å². The zero-order chi connectivity index (χ0) is 22.6. The number of hydrogen-bond acceptors (Lipinski definition) is 4. The van der Waals surface area contributed by atoms with Crippen LogP contribution >= 0.6 is 11.6 Å². The SMILES string of the molecule is CCCCCNCc1ccc(Cl)c(C2(C(=O)OC(C)(C)C)C=c3ccccc3=N2)c1F. The van der Waals surface area contributed by atoms with Crippen LogP contribution in [0.25, 0.3) is 6.08 Å². The van der Waals surface area contributed by atoms with Crippen molar-refractivity contribution in [3.63, 3.8) is 0 Å². The van der Waals surface area contributed by atoms with Gasteiger partial charge in [-0.05, 0) is 57.2 Å². The molecule has 0 spiro atoms. The molecule has 0 bridgehead atoms. The zero-order valence-electron chi connectivity index (χ0n) is 18.6. The Morgan fingerprint density at radius 1 is 1.19 bits per heavy atom. The molecule has 0 saturated carbocycles. The molecule has 2 aromatic rings. The summed E-state index contributed by atoms with van der Waals surface area (Å²) in [7, 11) is 0. The first-order chi connectivity index (χ1) is 14.7. The average Bonchev–Trinajstić information content (AvgIpc) is 3.08. The molecule has 0 fully saturated rings. The Balaban J connectivity index is 2.07. The smallest absolute Gasteiger partial charge is 0.343 e. The van der Waals surface area contributed by atoms with Gasteiger partial charge in [-0.2, -0.15) is 0 Å². The third-order valence-electron chi connectivity index (χ3n) is 5.13. The van der Waals surface area contributed by atoms with Crippen molar-refractivity contribution in [2.75, 3.05) is 6.54 Å². The summed E-state index contributed by atoms with van der Waals surface area (Å²) in [5, 5.41) is 4.76. The summed E-state index contributed by atoms with van der Waals surface area (Å²) in [6, 6.07) is 10.6. The topological polar surface area (TPSA) is 50.7 Å². The molecule has 4 nitrogen and oxygen atoms in total. The van der Waals surface area contributed by atoms with Gasteiger partial charge in [0.05, 0.1) is 10.4 Å². The normalized spacial score (nSPS) is 17.6. The summed E-state index contributed by atoms with van der Waals surface area (Å²) in [6.45, 7) is 8.60. The monoisotopic (exact) mass is 444 g/mol. The van der Waals surface area contributed by atoms with Crippen molar-refractivity contribution in [2.45, 2.75) is 64.6 Å². The number of nitrogens with one attached hydrogen (secondary N) is 1. The Morgan fingerprint density at radius 3 is 2.61 bits per heavy atom. The molecule has 1 heterocycles. The van der Waals surface area contributed by atoms with Crippen LogP contribution in [0.3, 0.4) is 0 Å². The highest BCUT2D eigenvalue weighted by Gasteiger charge is 2.47. The fraction of sp³-hybridized carbons (Fsp3) is 0.440. The minimum atomic E-state index is -1.67. The number of esters is 1. The molecule has 0 amide bonds. The Morgan fingerprint density at radius 2 is 1.94 bits per heavy atom. The van der Waals surface area contributed by atoms with E-state index in [1.165, 1.54) is 0 Å². The van der Waals surface area contributed by atoms with Crippen molar-refractivity contribution < 1.29 is 13.9 Å². The van der Waals surface area contributed by atoms with Crippen LogP contribution in [0.1, 0.15) is 58.1 Å². The summed E-state index contributed by atoms with van der Waals surface area (Å²) in [5.74, 6) is -1.18. The van der Waals surface area contributed by atoms with E-state index in [9.17, 15) is 4.79 Å². The van der Waals surface area contributed by atoms with E-state index in [0.29, 0.717) is 17.5 Å². The number of fused-ring (bicyclic) bond motifs is 1. The predicted molar refractivity (Wildman–Crippen MR) is 122 cm³/mol. The lowest BCUT2D eigenvalue weighted by molar-refractivity contribution is -0.159. The maximum absolute atomic E-state index is 15.8. The molecular formula is C25H30ClFN2O2. The highest BCUT2D eigenvalue weighted by atomic mass is 35.5. The van der Waals surface area contributed by atoms with Crippen LogP contribution in [0.4, 0.5) is 4.39 Å². The van der Waals surface area contributed by atoms with Crippen LogP contribution in [-0.2, 0) is 21.6 Å². The molecule has 1 N–H and O–H groups in total.